The number of rotatable bonds is 4. The Morgan fingerprint density at radius 3 is 2.58 bits per heavy atom. The number of hydrogen-bond acceptors (Lipinski definition) is 2. The van der Waals surface area contributed by atoms with E-state index in [-0.39, 0.29) is 0 Å². The van der Waals surface area contributed by atoms with Gasteiger partial charge < -0.3 is 10.2 Å². The van der Waals surface area contributed by atoms with Crippen molar-refractivity contribution in [1.29, 1.82) is 0 Å². The predicted molar refractivity (Wildman–Crippen MR) is 97.8 cm³/mol. The maximum atomic E-state index is 4.45. The van der Waals surface area contributed by atoms with Crippen LogP contribution in [0.1, 0.15) is 24.1 Å². The average molecular weight is 325 g/mol. The highest BCUT2D eigenvalue weighted by atomic mass is 15.3. The normalized spacial score (nSPS) is 16.4. The number of piperidine rings is 1. The molecule has 1 aliphatic rings. The molecule has 1 aromatic heterocycles. The topological polar surface area (TPSA) is 45.5 Å². The molecule has 1 fully saturated rings. The summed E-state index contributed by atoms with van der Waals surface area (Å²) in [5, 5.41) is 7.67. The van der Waals surface area contributed by atoms with Gasteiger partial charge in [0.05, 0.1) is 12.2 Å². The van der Waals surface area contributed by atoms with Crippen LogP contribution in [0.15, 0.2) is 47.6 Å². The van der Waals surface area contributed by atoms with Crippen molar-refractivity contribution in [2.75, 3.05) is 20.1 Å². The summed E-state index contributed by atoms with van der Waals surface area (Å²) in [6, 6.07) is 12.9. The minimum atomic E-state index is 0.757. The van der Waals surface area contributed by atoms with Crippen LogP contribution in [0.25, 0.3) is 0 Å². The van der Waals surface area contributed by atoms with E-state index in [4.69, 9.17) is 0 Å². The van der Waals surface area contributed by atoms with E-state index >= 15 is 0 Å². The molecular weight excluding hydrogens is 298 g/mol. The monoisotopic (exact) mass is 325 g/mol. The average Bonchev–Trinajstić information content (AvgIpc) is 3.03. The minimum absolute atomic E-state index is 0.757. The van der Waals surface area contributed by atoms with Gasteiger partial charge in [0, 0.05) is 33.4 Å². The molecule has 1 aromatic carbocycles. The number of aromatic nitrogens is 2. The number of guanidine groups is 1. The molecule has 1 N–H and O–H groups in total. The highest BCUT2D eigenvalue weighted by Gasteiger charge is 2.21. The number of nitrogens with zero attached hydrogens (tertiary/aromatic N) is 4. The van der Waals surface area contributed by atoms with Crippen LogP contribution < -0.4 is 5.32 Å². The zero-order valence-corrected chi connectivity index (χ0v) is 14.7. The summed E-state index contributed by atoms with van der Waals surface area (Å²) in [5.74, 6) is 1.77. The fraction of sp³-hybridized carbons (Fsp3) is 0.474. The summed E-state index contributed by atoms with van der Waals surface area (Å²) < 4.78 is 1.90. The lowest BCUT2D eigenvalue weighted by Crippen LogP contribution is -2.45. The van der Waals surface area contributed by atoms with Crippen LogP contribution >= 0.6 is 0 Å². The fourth-order valence-corrected chi connectivity index (χ4v) is 3.37. The van der Waals surface area contributed by atoms with Crippen molar-refractivity contribution in [2.24, 2.45) is 18.0 Å². The van der Waals surface area contributed by atoms with E-state index in [1.807, 2.05) is 31.0 Å². The van der Waals surface area contributed by atoms with E-state index in [1.165, 1.54) is 24.8 Å². The molecule has 128 valence electrons. The molecule has 5 heteroatoms. The van der Waals surface area contributed by atoms with Crippen LogP contribution in [0.2, 0.25) is 0 Å². The van der Waals surface area contributed by atoms with Crippen LogP contribution in [0.5, 0.6) is 0 Å². The molecule has 2 heterocycles. The third kappa shape index (κ3) is 4.16. The second kappa shape index (κ2) is 7.99. The summed E-state index contributed by atoms with van der Waals surface area (Å²) in [5.41, 5.74) is 2.62. The molecule has 0 spiro atoms. The van der Waals surface area contributed by atoms with E-state index in [9.17, 15) is 0 Å². The third-order valence-electron chi connectivity index (χ3n) is 4.84. The maximum absolute atomic E-state index is 4.45. The largest absolute Gasteiger partial charge is 0.351 e. The van der Waals surface area contributed by atoms with Gasteiger partial charge in [0.1, 0.15) is 0 Å². The standard InChI is InChI=1S/C19H27N5/c1-20-19(21-15-18-8-11-22-23(18)2)24-12-9-17(10-13-24)14-16-6-4-3-5-7-16/h3-8,11,17H,9-10,12-15H2,1-2H3,(H,20,21). The second-order valence-corrected chi connectivity index (χ2v) is 6.47. The first kappa shape index (κ1) is 16.6. The molecule has 0 atom stereocenters. The van der Waals surface area contributed by atoms with E-state index < -0.39 is 0 Å². The van der Waals surface area contributed by atoms with Gasteiger partial charge in [-0.05, 0) is 36.8 Å². The molecule has 24 heavy (non-hydrogen) atoms. The summed E-state index contributed by atoms with van der Waals surface area (Å²) >= 11 is 0. The summed E-state index contributed by atoms with van der Waals surface area (Å²) in [6.07, 6.45) is 5.47. The van der Waals surface area contributed by atoms with Crippen molar-refractivity contribution in [3.63, 3.8) is 0 Å². The molecule has 1 saturated heterocycles. The Morgan fingerprint density at radius 1 is 1.21 bits per heavy atom. The van der Waals surface area contributed by atoms with Gasteiger partial charge in [0.25, 0.3) is 0 Å². The van der Waals surface area contributed by atoms with Crippen molar-refractivity contribution >= 4 is 5.96 Å². The molecule has 0 radical (unpaired) electrons. The first-order chi connectivity index (χ1) is 11.8. The van der Waals surface area contributed by atoms with Gasteiger partial charge in [0.2, 0.25) is 0 Å². The van der Waals surface area contributed by atoms with Gasteiger partial charge in [-0.2, -0.15) is 5.10 Å². The number of hydrogen-bond donors (Lipinski definition) is 1. The Hall–Kier alpha value is -2.30. The zero-order valence-electron chi connectivity index (χ0n) is 14.7. The Kier molecular flexibility index (Phi) is 5.51. The molecule has 2 aromatic rings. The van der Waals surface area contributed by atoms with E-state index in [0.717, 1.165) is 37.2 Å². The van der Waals surface area contributed by atoms with Gasteiger partial charge in [0.15, 0.2) is 5.96 Å². The highest BCUT2D eigenvalue weighted by Crippen LogP contribution is 2.21. The Bertz CT molecular complexity index is 653. The van der Waals surface area contributed by atoms with Crippen LogP contribution in [0, 0.1) is 5.92 Å². The Balaban J connectivity index is 1.48. The van der Waals surface area contributed by atoms with Crippen molar-refractivity contribution in [1.82, 2.24) is 20.0 Å². The van der Waals surface area contributed by atoms with Crippen molar-refractivity contribution in [3.05, 3.63) is 53.9 Å². The number of likely N-dealkylation sites (tertiary alicyclic amines) is 1. The van der Waals surface area contributed by atoms with Crippen LogP contribution in [-0.4, -0.2) is 40.8 Å². The van der Waals surface area contributed by atoms with Crippen molar-refractivity contribution in [2.45, 2.75) is 25.8 Å². The lowest BCUT2D eigenvalue weighted by atomic mass is 9.90. The first-order valence-corrected chi connectivity index (χ1v) is 8.72. The molecular formula is C19H27N5. The van der Waals surface area contributed by atoms with Crippen LogP contribution in [0.3, 0.4) is 0 Å². The quantitative estimate of drug-likeness (QED) is 0.694. The number of aliphatic imine (C=N–C) groups is 1. The fourth-order valence-electron chi connectivity index (χ4n) is 3.37. The van der Waals surface area contributed by atoms with Crippen molar-refractivity contribution < 1.29 is 0 Å². The summed E-state index contributed by atoms with van der Waals surface area (Å²) in [7, 11) is 3.83. The first-order valence-electron chi connectivity index (χ1n) is 8.72. The van der Waals surface area contributed by atoms with Gasteiger partial charge in [-0.3, -0.25) is 9.67 Å². The molecule has 0 bridgehead atoms. The Labute approximate surface area is 144 Å². The van der Waals surface area contributed by atoms with E-state index in [2.05, 4.69) is 50.6 Å². The van der Waals surface area contributed by atoms with Crippen molar-refractivity contribution in [3.8, 4) is 0 Å². The number of nitrogens with one attached hydrogen (secondary N) is 1. The number of benzene rings is 1. The van der Waals surface area contributed by atoms with Gasteiger partial charge in [-0.25, -0.2) is 0 Å². The zero-order chi connectivity index (χ0) is 16.8. The summed E-state index contributed by atoms with van der Waals surface area (Å²) in [6.45, 7) is 2.90. The van der Waals surface area contributed by atoms with Gasteiger partial charge in [-0.15, -0.1) is 0 Å². The van der Waals surface area contributed by atoms with Gasteiger partial charge >= 0.3 is 0 Å². The van der Waals surface area contributed by atoms with E-state index in [0.29, 0.717) is 0 Å². The lowest BCUT2D eigenvalue weighted by Gasteiger charge is -2.34. The molecule has 0 saturated carbocycles. The minimum Gasteiger partial charge on any atom is -0.351 e. The van der Waals surface area contributed by atoms with Crippen LogP contribution in [0.4, 0.5) is 0 Å². The second-order valence-electron chi connectivity index (χ2n) is 6.47. The predicted octanol–water partition coefficient (Wildman–Crippen LogP) is 2.45. The molecule has 0 amide bonds. The van der Waals surface area contributed by atoms with Crippen LogP contribution in [-0.2, 0) is 20.0 Å². The maximum Gasteiger partial charge on any atom is 0.193 e. The van der Waals surface area contributed by atoms with Gasteiger partial charge in [-0.1, -0.05) is 30.3 Å². The molecule has 0 aliphatic carbocycles. The SMILES string of the molecule is CN=C(NCc1ccnn1C)N1CCC(Cc2ccccc2)CC1. The number of aryl methyl sites for hydroxylation is 1. The highest BCUT2D eigenvalue weighted by molar-refractivity contribution is 5.79. The molecule has 1 aliphatic heterocycles. The third-order valence-corrected chi connectivity index (χ3v) is 4.84. The summed E-state index contributed by atoms with van der Waals surface area (Å²) in [4.78, 5) is 6.82. The molecule has 5 nitrogen and oxygen atoms in total. The van der Waals surface area contributed by atoms with E-state index in [1.54, 1.807) is 0 Å². The lowest BCUT2D eigenvalue weighted by molar-refractivity contribution is 0.259. The Morgan fingerprint density at radius 2 is 1.96 bits per heavy atom. The molecule has 3 rings (SSSR count). The smallest absolute Gasteiger partial charge is 0.193 e. The molecule has 0 unspecified atom stereocenters.